The Labute approximate surface area is 114 Å². The summed E-state index contributed by atoms with van der Waals surface area (Å²) in [6.45, 7) is 8.49. The Balaban J connectivity index is 1.57. The molecular weight excluding hydrogens is 240 g/mol. The number of aromatic amines is 1. The summed E-state index contributed by atoms with van der Waals surface area (Å²) in [7, 11) is 0. The fraction of sp³-hybridized carbons (Fsp3) is 0.643. The topological polar surface area (TPSA) is 51.4 Å². The van der Waals surface area contributed by atoms with Crippen molar-refractivity contribution in [3.8, 4) is 0 Å². The Morgan fingerprint density at radius 3 is 3.05 bits per heavy atom. The Morgan fingerprint density at radius 1 is 1.37 bits per heavy atom. The van der Waals surface area contributed by atoms with Gasteiger partial charge in [-0.15, -0.1) is 0 Å². The molecule has 0 saturated carbocycles. The Morgan fingerprint density at radius 2 is 2.26 bits per heavy atom. The van der Waals surface area contributed by atoms with Crippen LogP contribution in [0.25, 0.3) is 0 Å². The van der Waals surface area contributed by atoms with Gasteiger partial charge in [-0.25, -0.2) is 0 Å². The number of aryl methyl sites for hydroxylation is 1. The molecule has 0 aromatic carbocycles. The van der Waals surface area contributed by atoms with Gasteiger partial charge in [0.05, 0.1) is 5.56 Å². The third kappa shape index (κ3) is 2.67. The second kappa shape index (κ2) is 5.35. The first-order valence-corrected chi connectivity index (χ1v) is 7.12. The minimum atomic E-state index is 0.0371. The van der Waals surface area contributed by atoms with Crippen LogP contribution in [0.15, 0.2) is 12.4 Å². The molecule has 4 rings (SSSR count). The standard InChI is InChI=1S/C14H22N4O/c1-11-7-15-9-13(11)14(19)16-8-12-10-17-3-2-4-18(12)6-5-17/h7,9,12,15H,2-6,8,10H2,1H3,(H,16,19). The van der Waals surface area contributed by atoms with E-state index in [0.717, 1.165) is 30.8 Å². The van der Waals surface area contributed by atoms with Gasteiger partial charge in [-0.05, 0) is 32.0 Å². The predicted octanol–water partition coefficient (Wildman–Crippen LogP) is 0.443. The quantitative estimate of drug-likeness (QED) is 0.831. The van der Waals surface area contributed by atoms with Crippen LogP contribution in [0.2, 0.25) is 0 Å². The van der Waals surface area contributed by atoms with Gasteiger partial charge < -0.3 is 15.2 Å². The van der Waals surface area contributed by atoms with E-state index in [1.165, 1.54) is 26.1 Å². The van der Waals surface area contributed by atoms with Gasteiger partial charge in [-0.3, -0.25) is 9.69 Å². The summed E-state index contributed by atoms with van der Waals surface area (Å²) in [6.07, 6.45) is 4.88. The van der Waals surface area contributed by atoms with Crippen molar-refractivity contribution < 1.29 is 4.79 Å². The summed E-state index contributed by atoms with van der Waals surface area (Å²) in [4.78, 5) is 20.1. The first-order valence-electron chi connectivity index (χ1n) is 7.12. The third-order valence-electron chi connectivity index (χ3n) is 4.30. The van der Waals surface area contributed by atoms with Crippen LogP contribution in [0.5, 0.6) is 0 Å². The second-order valence-corrected chi connectivity index (χ2v) is 5.61. The highest BCUT2D eigenvalue weighted by Gasteiger charge is 2.29. The van der Waals surface area contributed by atoms with E-state index in [4.69, 9.17) is 0 Å². The normalized spacial score (nSPS) is 30.1. The lowest BCUT2D eigenvalue weighted by Crippen LogP contribution is -2.54. The number of piperazine rings is 1. The van der Waals surface area contributed by atoms with Crippen LogP contribution in [0.3, 0.4) is 0 Å². The fourth-order valence-electron chi connectivity index (χ4n) is 3.14. The number of carbonyl (C=O) groups is 1. The molecule has 1 aromatic rings. The zero-order chi connectivity index (χ0) is 13.2. The van der Waals surface area contributed by atoms with Crippen molar-refractivity contribution in [3.63, 3.8) is 0 Å². The zero-order valence-corrected chi connectivity index (χ0v) is 11.5. The Kier molecular flexibility index (Phi) is 3.57. The molecule has 5 nitrogen and oxygen atoms in total. The lowest BCUT2D eigenvalue weighted by molar-refractivity contribution is 0.0879. The summed E-state index contributed by atoms with van der Waals surface area (Å²) >= 11 is 0. The first kappa shape index (κ1) is 12.7. The van der Waals surface area contributed by atoms with Crippen LogP contribution in [0.4, 0.5) is 0 Å². The molecule has 0 radical (unpaired) electrons. The van der Waals surface area contributed by atoms with Gasteiger partial charge >= 0.3 is 0 Å². The second-order valence-electron chi connectivity index (χ2n) is 5.61. The summed E-state index contributed by atoms with van der Waals surface area (Å²) in [5.74, 6) is 0.0371. The van der Waals surface area contributed by atoms with Gasteiger partial charge in [-0.2, -0.15) is 0 Å². The highest BCUT2D eigenvalue weighted by atomic mass is 16.1. The molecule has 104 valence electrons. The molecule has 2 N–H and O–H groups in total. The van der Waals surface area contributed by atoms with E-state index in [9.17, 15) is 4.79 Å². The minimum Gasteiger partial charge on any atom is -0.367 e. The molecule has 3 aliphatic rings. The maximum atomic E-state index is 12.1. The number of nitrogens with one attached hydrogen (secondary N) is 2. The smallest absolute Gasteiger partial charge is 0.253 e. The first-order chi connectivity index (χ1) is 9.24. The van der Waals surface area contributed by atoms with Crippen LogP contribution in [0, 0.1) is 6.92 Å². The minimum absolute atomic E-state index is 0.0371. The van der Waals surface area contributed by atoms with Crippen molar-refractivity contribution in [1.82, 2.24) is 20.1 Å². The van der Waals surface area contributed by atoms with Crippen LogP contribution >= 0.6 is 0 Å². The van der Waals surface area contributed by atoms with Gasteiger partial charge in [0.25, 0.3) is 5.91 Å². The molecule has 0 spiro atoms. The molecule has 3 aliphatic heterocycles. The third-order valence-corrected chi connectivity index (χ3v) is 4.30. The predicted molar refractivity (Wildman–Crippen MR) is 74.3 cm³/mol. The van der Waals surface area contributed by atoms with Gasteiger partial charge in [-0.1, -0.05) is 0 Å². The number of aromatic nitrogens is 1. The number of rotatable bonds is 3. The van der Waals surface area contributed by atoms with Gasteiger partial charge in [0.15, 0.2) is 0 Å². The van der Waals surface area contributed by atoms with E-state index < -0.39 is 0 Å². The van der Waals surface area contributed by atoms with Gasteiger partial charge in [0, 0.05) is 44.6 Å². The van der Waals surface area contributed by atoms with Crippen molar-refractivity contribution in [1.29, 1.82) is 0 Å². The molecule has 2 bridgehead atoms. The molecule has 5 heteroatoms. The molecule has 3 atom stereocenters. The summed E-state index contributed by atoms with van der Waals surface area (Å²) < 4.78 is 0. The number of hydrogen-bond donors (Lipinski definition) is 2. The average Bonchev–Trinajstić information content (AvgIpc) is 2.64. The monoisotopic (exact) mass is 262 g/mol. The SMILES string of the molecule is Cc1c[nH]cc1C(=O)NCC1CN2CCCN1CC2. The van der Waals surface area contributed by atoms with Crippen LogP contribution in [0.1, 0.15) is 22.3 Å². The van der Waals surface area contributed by atoms with E-state index >= 15 is 0 Å². The van der Waals surface area contributed by atoms with Crippen molar-refractivity contribution in [3.05, 3.63) is 23.5 Å². The maximum absolute atomic E-state index is 12.1. The number of H-pyrrole nitrogens is 1. The van der Waals surface area contributed by atoms with Gasteiger partial charge in [0.2, 0.25) is 0 Å². The van der Waals surface area contributed by atoms with Crippen molar-refractivity contribution in [2.75, 3.05) is 39.3 Å². The molecule has 4 heterocycles. The van der Waals surface area contributed by atoms with Gasteiger partial charge in [0.1, 0.15) is 0 Å². The fourth-order valence-corrected chi connectivity index (χ4v) is 3.14. The highest BCUT2D eigenvalue weighted by Crippen LogP contribution is 2.15. The molecular formula is C14H22N4O. The van der Waals surface area contributed by atoms with Crippen molar-refractivity contribution >= 4 is 5.91 Å². The van der Waals surface area contributed by atoms with E-state index in [-0.39, 0.29) is 5.91 Å². The Bertz CT molecular complexity index is 452. The highest BCUT2D eigenvalue weighted by molar-refractivity contribution is 5.95. The summed E-state index contributed by atoms with van der Waals surface area (Å²) in [6, 6.07) is 0.472. The molecule has 1 aromatic heterocycles. The number of hydrogen-bond acceptors (Lipinski definition) is 3. The number of nitrogens with zero attached hydrogens (tertiary/aromatic N) is 2. The summed E-state index contributed by atoms with van der Waals surface area (Å²) in [5.41, 5.74) is 1.76. The largest absolute Gasteiger partial charge is 0.367 e. The zero-order valence-electron chi connectivity index (χ0n) is 11.5. The van der Waals surface area contributed by atoms with Crippen LogP contribution in [-0.2, 0) is 0 Å². The molecule has 3 unspecified atom stereocenters. The molecule has 19 heavy (non-hydrogen) atoms. The summed E-state index contributed by atoms with van der Waals surface area (Å²) in [5, 5.41) is 3.08. The number of fused-ring (bicyclic) bond motifs is 4. The molecule has 3 fully saturated rings. The maximum Gasteiger partial charge on any atom is 0.253 e. The van der Waals surface area contributed by atoms with E-state index in [0.29, 0.717) is 6.04 Å². The number of amides is 1. The molecule has 1 amide bonds. The molecule has 3 saturated heterocycles. The Hall–Kier alpha value is -1.33. The van der Waals surface area contributed by atoms with E-state index in [2.05, 4.69) is 20.1 Å². The van der Waals surface area contributed by atoms with E-state index in [1.807, 2.05) is 13.1 Å². The number of carbonyl (C=O) groups excluding carboxylic acids is 1. The van der Waals surface area contributed by atoms with Crippen molar-refractivity contribution in [2.45, 2.75) is 19.4 Å². The lowest BCUT2D eigenvalue weighted by Gasteiger charge is -2.37. The van der Waals surface area contributed by atoms with Crippen LogP contribution in [-0.4, -0.2) is 66.0 Å². The van der Waals surface area contributed by atoms with Crippen molar-refractivity contribution in [2.24, 2.45) is 0 Å². The average molecular weight is 262 g/mol. The van der Waals surface area contributed by atoms with E-state index in [1.54, 1.807) is 6.20 Å². The lowest BCUT2D eigenvalue weighted by atomic mass is 10.1. The molecule has 0 aliphatic carbocycles. The van der Waals surface area contributed by atoms with Crippen LogP contribution < -0.4 is 5.32 Å².